The van der Waals surface area contributed by atoms with Crippen molar-refractivity contribution in [1.29, 1.82) is 5.26 Å². The molecule has 2 heterocycles. The van der Waals surface area contributed by atoms with E-state index in [2.05, 4.69) is 50.6 Å². The van der Waals surface area contributed by atoms with E-state index in [0.29, 0.717) is 12.1 Å². The van der Waals surface area contributed by atoms with E-state index in [1.165, 1.54) is 0 Å². The van der Waals surface area contributed by atoms with Crippen LogP contribution in [0.1, 0.15) is 28.9 Å². The van der Waals surface area contributed by atoms with E-state index in [4.69, 9.17) is 5.26 Å². The van der Waals surface area contributed by atoms with Gasteiger partial charge < -0.3 is 10.1 Å². The number of carbonyl (C=O) groups is 1. The molecule has 1 saturated heterocycles. The van der Waals surface area contributed by atoms with Crippen LogP contribution in [0.4, 0.5) is 10.5 Å². The average molecular weight is 522 g/mol. The number of imidazole rings is 1. The molecule has 2 atom stereocenters. The number of nitrogens with one attached hydrogen (secondary N) is 2. The molecule has 0 saturated carbocycles. The number of fused-ring (bicyclic) bond motifs is 1. The monoisotopic (exact) mass is 521 g/mol. The Morgan fingerprint density at radius 1 is 1.21 bits per heavy atom. The van der Waals surface area contributed by atoms with Crippen molar-refractivity contribution in [2.75, 3.05) is 26.2 Å². The van der Waals surface area contributed by atoms with Crippen LogP contribution in [0.3, 0.4) is 0 Å². The van der Waals surface area contributed by atoms with Crippen molar-refractivity contribution in [3.8, 4) is 6.07 Å². The minimum absolute atomic E-state index is 0.0342. The Bertz CT molecular complexity index is 1510. The number of nitrogens with zero attached hydrogens (tertiary/aromatic N) is 4. The van der Waals surface area contributed by atoms with Gasteiger partial charge in [0.15, 0.2) is 5.69 Å². The van der Waals surface area contributed by atoms with Crippen LogP contribution in [0.15, 0.2) is 78.9 Å². The maximum Gasteiger partial charge on any atom is 0.449 e. The molecule has 0 radical (unpaired) electrons. The molecular formula is C31H33N6O2+. The number of aromatic amines is 1. The fraction of sp³-hybridized carbons (Fsp3) is 0.258. The number of aryl methyl sites for hydroxylation is 2. The minimum Gasteiger partial charge on any atom is -0.462 e. The normalized spacial score (nSPS) is 19.7. The highest BCUT2D eigenvalue weighted by atomic mass is 16.4. The molecule has 8 heteroatoms. The van der Waals surface area contributed by atoms with Crippen LogP contribution in [0.2, 0.25) is 0 Å². The van der Waals surface area contributed by atoms with Gasteiger partial charge in [0, 0.05) is 25.1 Å². The number of piperazine rings is 1. The van der Waals surface area contributed by atoms with Gasteiger partial charge in [-0.1, -0.05) is 54.6 Å². The zero-order valence-electron chi connectivity index (χ0n) is 22.0. The van der Waals surface area contributed by atoms with E-state index < -0.39 is 6.09 Å². The molecule has 1 aliphatic rings. The summed E-state index contributed by atoms with van der Waals surface area (Å²) < 4.78 is 0.145. The molecule has 0 aliphatic carbocycles. The zero-order chi connectivity index (χ0) is 27.2. The number of quaternary nitrogens is 1. The van der Waals surface area contributed by atoms with Crippen molar-refractivity contribution in [1.82, 2.24) is 24.9 Å². The number of amides is 1. The van der Waals surface area contributed by atoms with Gasteiger partial charge in [0.25, 0.3) is 0 Å². The van der Waals surface area contributed by atoms with Gasteiger partial charge in [0.05, 0.1) is 35.8 Å². The van der Waals surface area contributed by atoms with Gasteiger partial charge in [-0.05, 0) is 42.7 Å². The Balaban J connectivity index is 1.44. The summed E-state index contributed by atoms with van der Waals surface area (Å²) in [7, 11) is 0. The molecule has 1 aliphatic heterocycles. The van der Waals surface area contributed by atoms with E-state index in [1.807, 2.05) is 67.6 Å². The van der Waals surface area contributed by atoms with E-state index in [9.17, 15) is 9.90 Å². The van der Waals surface area contributed by atoms with Crippen molar-refractivity contribution >= 4 is 28.9 Å². The fourth-order valence-corrected chi connectivity index (χ4v) is 5.56. The van der Waals surface area contributed by atoms with E-state index in [-0.39, 0.29) is 10.6 Å². The number of aromatic nitrogens is 2. The lowest BCUT2D eigenvalue weighted by Gasteiger charge is -2.48. The number of H-pyrrole nitrogens is 1. The summed E-state index contributed by atoms with van der Waals surface area (Å²) in [5.41, 5.74) is 8.49. The van der Waals surface area contributed by atoms with Gasteiger partial charge in [0.1, 0.15) is 18.4 Å². The first-order valence-electron chi connectivity index (χ1n) is 13.2. The lowest BCUT2D eigenvalue weighted by atomic mass is 9.99. The first-order valence-corrected chi connectivity index (χ1v) is 13.2. The molecule has 1 aromatic heterocycles. The SMILES string of the molecule is Cc1nc2cc([N+]3(NC(=O)O)CCN(CC=Cc4ccccc4)CC3CCc3ccc(C#N)cc3)ccc2[nH]1. The van der Waals surface area contributed by atoms with Crippen LogP contribution >= 0.6 is 0 Å². The molecule has 198 valence electrons. The Kier molecular flexibility index (Phi) is 7.73. The summed E-state index contributed by atoms with van der Waals surface area (Å²) in [6.07, 6.45) is 4.80. The topological polar surface area (TPSA) is 105 Å². The number of benzene rings is 3. The van der Waals surface area contributed by atoms with E-state index in [0.717, 1.165) is 66.1 Å². The van der Waals surface area contributed by atoms with Crippen molar-refractivity contribution in [3.63, 3.8) is 0 Å². The number of nitriles is 1. The maximum atomic E-state index is 12.2. The molecule has 1 fully saturated rings. The molecule has 4 aromatic rings. The van der Waals surface area contributed by atoms with E-state index >= 15 is 0 Å². The number of rotatable bonds is 8. The number of hydrogen-bond acceptors (Lipinski definition) is 4. The molecule has 2 unspecified atom stereocenters. The van der Waals surface area contributed by atoms with Gasteiger partial charge in [-0.15, -0.1) is 0 Å². The Hall–Kier alpha value is -4.45. The largest absolute Gasteiger partial charge is 0.462 e. The summed E-state index contributed by atoms with van der Waals surface area (Å²) in [4.78, 5) is 22.5. The predicted molar refractivity (Wildman–Crippen MR) is 154 cm³/mol. The minimum atomic E-state index is -1.05. The fourth-order valence-electron chi connectivity index (χ4n) is 5.56. The van der Waals surface area contributed by atoms with Crippen molar-refractivity contribution in [2.45, 2.75) is 25.8 Å². The molecule has 3 aromatic carbocycles. The van der Waals surface area contributed by atoms with Crippen molar-refractivity contribution in [3.05, 3.63) is 101 Å². The highest BCUT2D eigenvalue weighted by Crippen LogP contribution is 2.32. The lowest BCUT2D eigenvalue weighted by molar-refractivity contribution is 0.0407. The summed E-state index contributed by atoms with van der Waals surface area (Å²) in [5, 5.41) is 19.2. The first-order chi connectivity index (χ1) is 18.9. The van der Waals surface area contributed by atoms with Gasteiger partial charge in [-0.25, -0.2) is 9.78 Å². The van der Waals surface area contributed by atoms with Gasteiger partial charge >= 0.3 is 6.09 Å². The molecule has 0 spiro atoms. The van der Waals surface area contributed by atoms with Gasteiger partial charge in [0.2, 0.25) is 0 Å². The average Bonchev–Trinajstić information content (AvgIpc) is 3.33. The molecular weight excluding hydrogens is 488 g/mol. The zero-order valence-corrected chi connectivity index (χ0v) is 22.0. The first kappa shape index (κ1) is 26.2. The summed E-state index contributed by atoms with van der Waals surface area (Å²) in [6.45, 7) is 4.77. The molecule has 8 nitrogen and oxygen atoms in total. The third-order valence-corrected chi connectivity index (χ3v) is 7.52. The molecule has 5 rings (SSSR count). The maximum absolute atomic E-state index is 12.2. The van der Waals surface area contributed by atoms with Crippen LogP contribution in [0.5, 0.6) is 0 Å². The quantitative estimate of drug-likeness (QED) is 0.274. The Morgan fingerprint density at radius 2 is 2.00 bits per heavy atom. The van der Waals surface area contributed by atoms with Crippen molar-refractivity contribution in [2.24, 2.45) is 0 Å². The van der Waals surface area contributed by atoms with Gasteiger partial charge in [-0.3, -0.25) is 4.90 Å². The second-order valence-electron chi connectivity index (χ2n) is 10.1. The Labute approximate surface area is 228 Å². The van der Waals surface area contributed by atoms with Crippen molar-refractivity contribution < 1.29 is 9.90 Å². The van der Waals surface area contributed by atoms with Crippen LogP contribution < -0.4 is 10.0 Å². The third-order valence-electron chi connectivity index (χ3n) is 7.52. The summed E-state index contributed by atoms with van der Waals surface area (Å²) in [5.74, 6) is 0.826. The standard InChI is InChI=1S/C31H32N6O2/c1-23-33-29-16-15-27(20-30(29)34-23)37(35-31(38)39)19-18-36(17-5-8-24-6-3-2-4-7-24)22-28(37)14-13-25-9-11-26(21-32)12-10-25/h2-12,15-16,20,28,35H,13-14,17-19,22H2,1H3,(H-,33,34,38,39)/p+1. The third kappa shape index (κ3) is 6.01. The lowest BCUT2D eigenvalue weighted by Crippen LogP contribution is -2.74. The predicted octanol–water partition coefficient (Wildman–Crippen LogP) is 5.26. The van der Waals surface area contributed by atoms with Gasteiger partial charge in [-0.2, -0.15) is 15.3 Å². The van der Waals surface area contributed by atoms with Crippen LogP contribution in [-0.2, 0) is 6.42 Å². The highest BCUT2D eigenvalue weighted by molar-refractivity contribution is 5.80. The Morgan fingerprint density at radius 3 is 2.74 bits per heavy atom. The van der Waals surface area contributed by atoms with E-state index in [1.54, 1.807) is 0 Å². The number of carboxylic acid groups (broad SMARTS) is 1. The second kappa shape index (κ2) is 11.5. The molecule has 39 heavy (non-hydrogen) atoms. The highest BCUT2D eigenvalue weighted by Gasteiger charge is 2.46. The molecule has 3 N–H and O–H groups in total. The smallest absolute Gasteiger partial charge is 0.449 e. The molecule has 1 amide bonds. The second-order valence-corrected chi connectivity index (χ2v) is 10.1. The van der Waals surface area contributed by atoms with Crippen LogP contribution in [0, 0.1) is 18.3 Å². The molecule has 0 bridgehead atoms. The van der Waals surface area contributed by atoms with Crippen LogP contribution in [-0.4, -0.2) is 58.3 Å². The number of hydrogen-bond donors (Lipinski definition) is 3. The van der Waals surface area contributed by atoms with Crippen LogP contribution in [0.25, 0.3) is 17.1 Å². The summed E-state index contributed by atoms with van der Waals surface area (Å²) >= 11 is 0. The summed E-state index contributed by atoms with van der Waals surface area (Å²) in [6, 6.07) is 26.0.